The lowest BCUT2D eigenvalue weighted by atomic mass is 10.0. The molecule has 2 rings (SSSR count). The van der Waals surface area contributed by atoms with E-state index in [4.69, 9.17) is 0 Å². The zero-order valence-electron chi connectivity index (χ0n) is 11.9. The fraction of sp³-hybridized carbons (Fsp3) is 0.375. The second-order valence-corrected chi connectivity index (χ2v) is 4.85. The lowest BCUT2D eigenvalue weighted by Gasteiger charge is -2.07. The van der Waals surface area contributed by atoms with Crippen molar-refractivity contribution in [3.05, 3.63) is 53.1 Å². The van der Waals surface area contributed by atoms with E-state index in [-0.39, 0.29) is 0 Å². The van der Waals surface area contributed by atoms with Crippen LogP contribution < -0.4 is 0 Å². The SMILES string of the molecule is CCc1nc(C=NC[C@@H](C)c2ccccc2)c(C)[nH]1. The number of nitrogens with zero attached hydrogens (tertiary/aromatic N) is 2. The van der Waals surface area contributed by atoms with E-state index in [1.807, 2.05) is 19.2 Å². The van der Waals surface area contributed by atoms with Crippen LogP contribution in [0.15, 0.2) is 35.3 Å². The molecule has 0 amide bonds. The van der Waals surface area contributed by atoms with Crippen molar-refractivity contribution < 1.29 is 0 Å². The van der Waals surface area contributed by atoms with E-state index >= 15 is 0 Å². The summed E-state index contributed by atoms with van der Waals surface area (Å²) < 4.78 is 0. The Kier molecular flexibility index (Phi) is 4.50. The highest BCUT2D eigenvalue weighted by atomic mass is 14.9. The maximum absolute atomic E-state index is 4.52. The first kappa shape index (κ1) is 13.5. The Morgan fingerprint density at radius 3 is 2.68 bits per heavy atom. The van der Waals surface area contributed by atoms with Gasteiger partial charge in [0.25, 0.3) is 0 Å². The maximum Gasteiger partial charge on any atom is 0.106 e. The Bertz CT molecular complexity index is 540. The van der Waals surface area contributed by atoms with Crippen LogP contribution in [0.4, 0.5) is 0 Å². The van der Waals surface area contributed by atoms with Crippen LogP contribution in [0, 0.1) is 6.92 Å². The quantitative estimate of drug-likeness (QED) is 0.816. The van der Waals surface area contributed by atoms with Crippen molar-refractivity contribution in [2.75, 3.05) is 6.54 Å². The monoisotopic (exact) mass is 255 g/mol. The van der Waals surface area contributed by atoms with Crippen LogP contribution in [-0.4, -0.2) is 22.7 Å². The number of imidazole rings is 1. The van der Waals surface area contributed by atoms with E-state index in [1.165, 1.54) is 5.56 Å². The molecule has 1 aromatic heterocycles. The molecular weight excluding hydrogens is 234 g/mol. The van der Waals surface area contributed by atoms with Gasteiger partial charge in [0.1, 0.15) is 11.5 Å². The Hall–Kier alpha value is -1.90. The highest BCUT2D eigenvalue weighted by Crippen LogP contribution is 2.14. The van der Waals surface area contributed by atoms with Crippen molar-refractivity contribution in [3.63, 3.8) is 0 Å². The van der Waals surface area contributed by atoms with Crippen LogP contribution in [0.3, 0.4) is 0 Å². The number of aliphatic imine (C=N–C) groups is 1. The topological polar surface area (TPSA) is 41.0 Å². The van der Waals surface area contributed by atoms with Crippen molar-refractivity contribution in [3.8, 4) is 0 Å². The zero-order chi connectivity index (χ0) is 13.7. The number of nitrogens with one attached hydrogen (secondary N) is 1. The standard InChI is InChI=1S/C16H21N3/c1-4-16-18-13(3)15(19-16)11-17-10-12(2)14-8-6-5-7-9-14/h5-9,11-12H,4,10H2,1-3H3,(H,18,19)/t12-/m1/s1. The van der Waals surface area contributed by atoms with E-state index in [1.54, 1.807) is 0 Å². The van der Waals surface area contributed by atoms with Crippen LogP contribution in [0.1, 0.15) is 42.5 Å². The van der Waals surface area contributed by atoms with Crippen molar-refractivity contribution in [1.82, 2.24) is 9.97 Å². The molecule has 0 bridgehead atoms. The van der Waals surface area contributed by atoms with Gasteiger partial charge in [0.05, 0.1) is 0 Å². The minimum atomic E-state index is 0.433. The summed E-state index contributed by atoms with van der Waals surface area (Å²) in [5, 5.41) is 0. The van der Waals surface area contributed by atoms with Gasteiger partial charge in [-0.25, -0.2) is 4.98 Å². The summed E-state index contributed by atoms with van der Waals surface area (Å²) in [5.41, 5.74) is 3.37. The average molecular weight is 255 g/mol. The molecule has 0 unspecified atom stereocenters. The minimum Gasteiger partial charge on any atom is -0.346 e. The number of hydrogen-bond acceptors (Lipinski definition) is 2. The first-order valence-electron chi connectivity index (χ1n) is 6.81. The van der Waals surface area contributed by atoms with Crippen molar-refractivity contribution in [1.29, 1.82) is 0 Å². The lowest BCUT2D eigenvalue weighted by Crippen LogP contribution is -1.98. The summed E-state index contributed by atoms with van der Waals surface area (Å²) in [6, 6.07) is 10.5. The second-order valence-electron chi connectivity index (χ2n) is 4.85. The van der Waals surface area contributed by atoms with E-state index in [2.05, 4.69) is 53.1 Å². The molecule has 0 aliphatic carbocycles. The van der Waals surface area contributed by atoms with E-state index in [9.17, 15) is 0 Å². The summed E-state index contributed by atoms with van der Waals surface area (Å²) in [4.78, 5) is 12.3. The molecule has 3 heteroatoms. The molecule has 0 saturated heterocycles. The number of aryl methyl sites for hydroxylation is 2. The molecule has 1 heterocycles. The van der Waals surface area contributed by atoms with Gasteiger partial charge in [-0.1, -0.05) is 44.2 Å². The van der Waals surface area contributed by atoms with Gasteiger partial charge in [0.2, 0.25) is 0 Å². The van der Waals surface area contributed by atoms with Gasteiger partial charge in [-0.15, -0.1) is 0 Å². The zero-order valence-corrected chi connectivity index (χ0v) is 11.9. The molecular formula is C16H21N3. The number of aromatic amines is 1. The third-order valence-electron chi connectivity index (χ3n) is 3.27. The van der Waals surface area contributed by atoms with Gasteiger partial charge < -0.3 is 4.98 Å². The molecule has 1 atom stereocenters. The fourth-order valence-corrected chi connectivity index (χ4v) is 2.02. The number of benzene rings is 1. The molecule has 0 radical (unpaired) electrons. The Morgan fingerprint density at radius 1 is 1.32 bits per heavy atom. The Balaban J connectivity index is 1.98. The molecule has 0 spiro atoms. The summed E-state index contributed by atoms with van der Waals surface area (Å²) in [7, 11) is 0. The second kappa shape index (κ2) is 6.32. The molecule has 1 N–H and O–H groups in total. The summed E-state index contributed by atoms with van der Waals surface area (Å²) in [6.07, 6.45) is 2.81. The molecule has 0 saturated carbocycles. The van der Waals surface area contributed by atoms with Crippen molar-refractivity contribution in [2.45, 2.75) is 33.1 Å². The van der Waals surface area contributed by atoms with E-state index < -0.39 is 0 Å². The molecule has 0 aliphatic rings. The Morgan fingerprint density at radius 2 is 2.05 bits per heavy atom. The lowest BCUT2D eigenvalue weighted by molar-refractivity contribution is 0.777. The van der Waals surface area contributed by atoms with Crippen LogP contribution >= 0.6 is 0 Å². The van der Waals surface area contributed by atoms with Crippen LogP contribution in [0.5, 0.6) is 0 Å². The summed E-state index contributed by atoms with van der Waals surface area (Å²) in [5.74, 6) is 1.46. The first-order valence-corrected chi connectivity index (χ1v) is 6.81. The van der Waals surface area contributed by atoms with Crippen LogP contribution in [0.2, 0.25) is 0 Å². The predicted octanol–water partition coefficient (Wildman–Crippen LogP) is 3.50. The van der Waals surface area contributed by atoms with Gasteiger partial charge in [-0.05, 0) is 12.5 Å². The van der Waals surface area contributed by atoms with Crippen LogP contribution in [-0.2, 0) is 6.42 Å². The van der Waals surface area contributed by atoms with Crippen molar-refractivity contribution >= 4 is 6.21 Å². The van der Waals surface area contributed by atoms with Gasteiger partial charge >= 0.3 is 0 Å². The average Bonchev–Trinajstić information content (AvgIpc) is 2.80. The smallest absolute Gasteiger partial charge is 0.106 e. The predicted molar refractivity (Wildman–Crippen MR) is 80.0 cm³/mol. The summed E-state index contributed by atoms with van der Waals surface area (Å²) in [6.45, 7) is 7.12. The van der Waals surface area contributed by atoms with E-state index in [0.29, 0.717) is 5.92 Å². The largest absolute Gasteiger partial charge is 0.346 e. The maximum atomic E-state index is 4.52. The molecule has 2 aromatic rings. The number of rotatable bonds is 5. The number of aromatic nitrogens is 2. The fourth-order valence-electron chi connectivity index (χ4n) is 2.02. The van der Waals surface area contributed by atoms with Gasteiger partial charge in [-0.3, -0.25) is 4.99 Å². The van der Waals surface area contributed by atoms with Crippen LogP contribution in [0.25, 0.3) is 0 Å². The minimum absolute atomic E-state index is 0.433. The highest BCUT2D eigenvalue weighted by molar-refractivity contribution is 5.78. The molecule has 19 heavy (non-hydrogen) atoms. The molecule has 100 valence electrons. The molecule has 3 nitrogen and oxygen atoms in total. The van der Waals surface area contributed by atoms with Crippen molar-refractivity contribution in [2.24, 2.45) is 4.99 Å². The number of hydrogen-bond donors (Lipinski definition) is 1. The normalized spacial score (nSPS) is 13.0. The molecule has 0 fully saturated rings. The highest BCUT2D eigenvalue weighted by Gasteiger charge is 2.04. The third kappa shape index (κ3) is 3.53. The number of H-pyrrole nitrogens is 1. The Labute approximate surface area is 114 Å². The van der Waals surface area contributed by atoms with E-state index in [0.717, 1.165) is 30.2 Å². The van der Waals surface area contributed by atoms with Gasteiger partial charge in [0.15, 0.2) is 0 Å². The summed E-state index contributed by atoms with van der Waals surface area (Å²) >= 11 is 0. The molecule has 1 aromatic carbocycles. The van der Waals surface area contributed by atoms with Gasteiger partial charge in [0, 0.05) is 30.8 Å². The first-order chi connectivity index (χ1) is 9.20. The third-order valence-corrected chi connectivity index (χ3v) is 3.27. The molecule has 0 aliphatic heterocycles. The van der Waals surface area contributed by atoms with Gasteiger partial charge in [-0.2, -0.15) is 0 Å².